The summed E-state index contributed by atoms with van der Waals surface area (Å²) in [5.74, 6) is 0.927. The minimum absolute atomic E-state index is 0.00854. The lowest BCUT2D eigenvalue weighted by Crippen LogP contribution is -2.65. The Bertz CT molecular complexity index is 1030. The minimum atomic E-state index is -3.64. The molecule has 3 saturated carbocycles. The number of nitrogens with one attached hydrogen (secondary N) is 3. The zero-order valence-corrected chi connectivity index (χ0v) is 28.0. The average Bonchev–Trinajstić information content (AvgIpc) is 3.28. The van der Waals surface area contributed by atoms with Gasteiger partial charge in [-0.05, 0) is 68.6 Å². The van der Waals surface area contributed by atoms with E-state index in [1.807, 2.05) is 0 Å². The van der Waals surface area contributed by atoms with Gasteiger partial charge in [0.05, 0.1) is 23.4 Å². The molecule has 1 amide bonds. The molecule has 3 aliphatic carbocycles. The zero-order chi connectivity index (χ0) is 31.1. The summed E-state index contributed by atoms with van der Waals surface area (Å²) in [6, 6.07) is -0.905. The maximum absolute atomic E-state index is 13.8. The summed E-state index contributed by atoms with van der Waals surface area (Å²) >= 11 is 0. The van der Waals surface area contributed by atoms with Gasteiger partial charge in [0.15, 0.2) is 5.96 Å². The Balaban J connectivity index is 1.67. The number of sulfonamides is 1. The van der Waals surface area contributed by atoms with Crippen LogP contribution >= 0.6 is 0 Å². The summed E-state index contributed by atoms with van der Waals surface area (Å²) in [4.78, 5) is 17.6. The Labute approximate surface area is 255 Å². The zero-order valence-electron chi connectivity index (χ0n) is 27.2. The normalized spacial score (nSPS) is 28.2. The second-order valence-corrected chi connectivity index (χ2v) is 15.9. The SMILES string of the molecule is CCCCCCCCS(=O)(=O)N[C@@H](CCCNC(N)=NC)C(=O)N[C@@H](CC(C)C)B1O[C@@H]2C[C@@H]3C[C@@H](C3(C)C)[C@]2(C)O1. The predicted octanol–water partition coefficient (Wildman–Crippen LogP) is 3.75. The molecule has 0 spiro atoms. The van der Waals surface area contributed by atoms with Crippen LogP contribution in [0.2, 0.25) is 0 Å². The number of rotatable bonds is 18. The summed E-state index contributed by atoms with van der Waals surface area (Å²) < 4.78 is 42.1. The van der Waals surface area contributed by atoms with Crippen molar-refractivity contribution in [2.24, 2.45) is 33.9 Å². The molecule has 4 aliphatic rings. The van der Waals surface area contributed by atoms with Crippen molar-refractivity contribution in [1.29, 1.82) is 0 Å². The molecule has 2 bridgehead atoms. The van der Waals surface area contributed by atoms with Crippen molar-refractivity contribution in [2.75, 3.05) is 19.3 Å². The molecule has 0 aromatic rings. The van der Waals surface area contributed by atoms with Crippen LogP contribution in [0.15, 0.2) is 4.99 Å². The number of hydrogen-bond acceptors (Lipinski definition) is 6. The van der Waals surface area contributed by atoms with Gasteiger partial charge in [-0.15, -0.1) is 0 Å². The van der Waals surface area contributed by atoms with E-state index in [1.165, 1.54) is 6.42 Å². The number of hydrogen-bond donors (Lipinski definition) is 4. The molecule has 42 heavy (non-hydrogen) atoms. The van der Waals surface area contributed by atoms with E-state index >= 15 is 0 Å². The molecule has 242 valence electrons. The number of guanidine groups is 1. The molecule has 4 rings (SSSR count). The van der Waals surface area contributed by atoms with Crippen molar-refractivity contribution in [1.82, 2.24) is 15.4 Å². The van der Waals surface area contributed by atoms with Crippen molar-refractivity contribution in [2.45, 2.75) is 136 Å². The van der Waals surface area contributed by atoms with Crippen molar-refractivity contribution in [3.63, 3.8) is 0 Å². The first-order valence-electron chi connectivity index (χ1n) is 16.3. The van der Waals surface area contributed by atoms with Crippen LogP contribution in [0, 0.1) is 23.2 Å². The van der Waals surface area contributed by atoms with E-state index in [0.29, 0.717) is 50.0 Å². The van der Waals surface area contributed by atoms with Crippen LogP contribution in [0.25, 0.3) is 0 Å². The van der Waals surface area contributed by atoms with E-state index in [4.69, 9.17) is 15.0 Å². The monoisotopic (exact) mass is 611 g/mol. The number of carbonyl (C=O) groups is 1. The van der Waals surface area contributed by atoms with Crippen LogP contribution in [0.1, 0.15) is 112 Å². The predicted molar refractivity (Wildman–Crippen MR) is 170 cm³/mol. The molecule has 1 heterocycles. The lowest BCUT2D eigenvalue weighted by Gasteiger charge is -2.64. The summed E-state index contributed by atoms with van der Waals surface area (Å²) in [6.07, 6.45) is 9.56. The van der Waals surface area contributed by atoms with Gasteiger partial charge < -0.3 is 25.7 Å². The summed E-state index contributed by atoms with van der Waals surface area (Å²) in [6.45, 7) is 13.7. The highest BCUT2D eigenvalue weighted by Crippen LogP contribution is 2.65. The molecule has 10 nitrogen and oxygen atoms in total. The van der Waals surface area contributed by atoms with Gasteiger partial charge in [-0.1, -0.05) is 66.7 Å². The Morgan fingerprint density at radius 3 is 2.43 bits per heavy atom. The van der Waals surface area contributed by atoms with E-state index in [-0.39, 0.29) is 40.6 Å². The quantitative estimate of drug-likeness (QED) is 0.0800. The molecule has 6 atom stereocenters. The third-order valence-corrected chi connectivity index (χ3v) is 11.4. The van der Waals surface area contributed by atoms with Gasteiger partial charge in [-0.25, -0.2) is 13.1 Å². The Hall–Kier alpha value is -1.37. The standard InChI is InChI=1S/C30H58BN5O5S/c1-8-9-10-11-12-13-17-42(38,39)36-23(15-14-16-34-28(32)33-7)27(37)35-26(18-21(2)3)31-40-25-20-22-19-24(29(22,4)5)30(25,6)41-31/h21-26,36H,8-20H2,1-7H3,(H,35,37)(H3,32,33,34)/t22-,23-,24-,25+,26-,30-/m0/s1. The van der Waals surface area contributed by atoms with E-state index in [1.54, 1.807) is 7.05 Å². The maximum Gasteiger partial charge on any atom is 0.481 e. The van der Waals surface area contributed by atoms with Crippen LogP contribution < -0.4 is 21.1 Å². The Morgan fingerprint density at radius 2 is 1.79 bits per heavy atom. The summed E-state index contributed by atoms with van der Waals surface area (Å²) in [5.41, 5.74) is 5.58. The first kappa shape index (κ1) is 35.1. The van der Waals surface area contributed by atoms with Gasteiger partial charge in [-0.3, -0.25) is 9.79 Å². The maximum atomic E-state index is 13.8. The number of carbonyl (C=O) groups excluding carboxylic acids is 1. The van der Waals surface area contributed by atoms with Crippen LogP contribution in [0.4, 0.5) is 0 Å². The van der Waals surface area contributed by atoms with Crippen LogP contribution in [0.5, 0.6) is 0 Å². The topological polar surface area (TPSA) is 144 Å². The van der Waals surface area contributed by atoms with Gasteiger partial charge in [-0.2, -0.15) is 0 Å². The first-order valence-corrected chi connectivity index (χ1v) is 18.0. The summed E-state index contributed by atoms with van der Waals surface area (Å²) in [7, 11) is -2.61. The number of nitrogens with zero attached hydrogens (tertiary/aromatic N) is 1. The molecular weight excluding hydrogens is 553 g/mol. The lowest BCUT2D eigenvalue weighted by atomic mass is 9.43. The second kappa shape index (κ2) is 15.1. The van der Waals surface area contributed by atoms with Crippen LogP contribution in [-0.4, -0.2) is 70.4 Å². The average molecular weight is 612 g/mol. The van der Waals surface area contributed by atoms with Crippen molar-refractivity contribution in [3.8, 4) is 0 Å². The smallest absolute Gasteiger partial charge is 0.404 e. The van der Waals surface area contributed by atoms with Crippen molar-refractivity contribution < 1.29 is 22.5 Å². The van der Waals surface area contributed by atoms with Gasteiger partial charge in [0.2, 0.25) is 15.9 Å². The highest BCUT2D eigenvalue weighted by molar-refractivity contribution is 7.89. The molecule has 0 aromatic heterocycles. The second-order valence-electron chi connectivity index (χ2n) is 14.0. The van der Waals surface area contributed by atoms with E-state index in [9.17, 15) is 13.2 Å². The molecule has 4 fully saturated rings. The third-order valence-electron chi connectivity index (χ3n) is 9.97. The fourth-order valence-corrected chi connectivity index (χ4v) is 8.65. The number of amides is 1. The molecule has 12 heteroatoms. The highest BCUT2D eigenvalue weighted by Gasteiger charge is 2.68. The van der Waals surface area contributed by atoms with Crippen molar-refractivity contribution in [3.05, 3.63) is 0 Å². The number of nitrogens with two attached hydrogens (primary N) is 1. The molecule has 1 aliphatic heterocycles. The van der Waals surface area contributed by atoms with Crippen LogP contribution in [-0.2, 0) is 24.1 Å². The minimum Gasteiger partial charge on any atom is -0.404 e. The van der Waals surface area contributed by atoms with Gasteiger partial charge in [0.1, 0.15) is 6.04 Å². The Kier molecular flexibility index (Phi) is 12.6. The van der Waals surface area contributed by atoms with E-state index in [2.05, 4.69) is 61.9 Å². The molecule has 0 aromatic carbocycles. The molecule has 1 saturated heterocycles. The van der Waals surface area contributed by atoms with Crippen LogP contribution in [0.3, 0.4) is 0 Å². The molecule has 0 unspecified atom stereocenters. The lowest BCUT2D eigenvalue weighted by molar-refractivity contribution is -0.199. The molecule has 5 N–H and O–H groups in total. The van der Waals surface area contributed by atoms with E-state index in [0.717, 1.165) is 38.5 Å². The molecule has 0 radical (unpaired) electrons. The van der Waals surface area contributed by atoms with Gasteiger partial charge in [0.25, 0.3) is 0 Å². The number of aliphatic imine (C=N–C) groups is 1. The number of unbranched alkanes of at least 4 members (excludes halogenated alkanes) is 5. The van der Waals surface area contributed by atoms with Crippen molar-refractivity contribution >= 4 is 29.0 Å². The molecular formula is C30H58BN5O5S. The van der Waals surface area contributed by atoms with E-state index < -0.39 is 23.2 Å². The first-order chi connectivity index (χ1) is 19.7. The van der Waals surface area contributed by atoms with Gasteiger partial charge >= 0.3 is 7.12 Å². The third kappa shape index (κ3) is 8.85. The largest absolute Gasteiger partial charge is 0.481 e. The van der Waals surface area contributed by atoms with Gasteiger partial charge in [0, 0.05) is 13.6 Å². The fourth-order valence-electron chi connectivity index (χ4n) is 7.29. The highest BCUT2D eigenvalue weighted by atomic mass is 32.2. The summed E-state index contributed by atoms with van der Waals surface area (Å²) in [5, 5.41) is 6.14. The fraction of sp³-hybridized carbons (Fsp3) is 0.933. The Morgan fingerprint density at radius 1 is 1.10 bits per heavy atom.